The molecule has 1 aromatic heterocycles. The molecule has 0 radical (unpaired) electrons. The maximum absolute atomic E-state index is 4.01. The molecule has 4 heteroatoms. The molecule has 1 rings (SSSR count). The number of aryl methyl sites for hydroxylation is 1. The monoisotopic (exact) mass is 209 g/mol. The number of hydrogen-bond donors (Lipinski definition) is 1. The van der Waals surface area contributed by atoms with Crippen LogP contribution in [0.15, 0.2) is 0 Å². The Morgan fingerprint density at radius 3 is 2.86 bits per heavy atom. The molecule has 1 aromatic rings. The minimum atomic E-state index is 0.343. The molecular weight excluding hydrogens is 194 g/mol. The zero-order chi connectivity index (χ0) is 10.4. The molecule has 0 bridgehead atoms. The van der Waals surface area contributed by atoms with E-state index in [0.717, 1.165) is 18.5 Å². The van der Waals surface area contributed by atoms with Crippen LogP contribution in [0.5, 0.6) is 0 Å². The molecule has 1 atom stereocenters. The van der Waals surface area contributed by atoms with Gasteiger partial charge < -0.3 is 5.32 Å². The minimum Gasteiger partial charge on any atom is -0.312 e. The molecule has 0 saturated carbocycles. The lowest BCUT2D eigenvalue weighted by atomic mass is 10.1. The number of nitrogens with one attached hydrogen (secondary N) is 1. The molecule has 76 valence electrons. The van der Waals surface area contributed by atoms with E-state index >= 15 is 0 Å². The predicted octanol–water partition coefficient (Wildman–Crippen LogP) is 1.91. The van der Waals surface area contributed by atoms with E-state index in [-0.39, 0.29) is 0 Å². The van der Waals surface area contributed by atoms with Crippen molar-refractivity contribution in [3.05, 3.63) is 10.6 Å². The molecule has 1 heterocycles. The summed E-state index contributed by atoms with van der Waals surface area (Å²) in [5, 5.41) is 7.27. The lowest BCUT2D eigenvalue weighted by Crippen LogP contribution is -2.15. The second-order valence-electron chi connectivity index (χ2n) is 3.03. The smallest absolute Gasteiger partial charge is 0.0772 e. The molecule has 1 unspecified atom stereocenters. The van der Waals surface area contributed by atoms with Gasteiger partial charge in [-0.1, -0.05) is 4.49 Å². The molecule has 0 fully saturated rings. The first-order valence-electron chi connectivity index (χ1n) is 4.65. The van der Waals surface area contributed by atoms with E-state index in [4.69, 9.17) is 0 Å². The van der Waals surface area contributed by atoms with Crippen molar-refractivity contribution in [2.75, 3.05) is 7.05 Å². The highest BCUT2D eigenvalue weighted by molar-refractivity contribution is 7.05. The number of rotatable bonds is 4. The van der Waals surface area contributed by atoms with Crippen molar-refractivity contribution in [1.29, 1.82) is 0 Å². The van der Waals surface area contributed by atoms with Crippen molar-refractivity contribution in [1.82, 2.24) is 14.9 Å². The van der Waals surface area contributed by atoms with E-state index < -0.39 is 0 Å². The number of hydrogen-bond acceptors (Lipinski definition) is 4. The molecule has 0 aliphatic carbocycles. The predicted molar refractivity (Wildman–Crippen MR) is 59.1 cm³/mol. The summed E-state index contributed by atoms with van der Waals surface area (Å²) >= 11 is 1.47. The molecule has 0 aliphatic rings. The van der Waals surface area contributed by atoms with Crippen molar-refractivity contribution in [2.24, 2.45) is 0 Å². The quantitative estimate of drug-likeness (QED) is 0.770. The Hall–Kier alpha value is -0.920. The Labute approximate surface area is 89.1 Å². The zero-order valence-corrected chi connectivity index (χ0v) is 9.61. The van der Waals surface area contributed by atoms with Gasteiger partial charge in [0, 0.05) is 12.5 Å². The summed E-state index contributed by atoms with van der Waals surface area (Å²) in [4.78, 5) is 1.23. The lowest BCUT2D eigenvalue weighted by Gasteiger charge is -2.12. The summed E-state index contributed by atoms with van der Waals surface area (Å²) in [5.41, 5.74) is 1.03. The summed E-state index contributed by atoms with van der Waals surface area (Å²) in [7, 11) is 1.96. The van der Waals surface area contributed by atoms with E-state index in [1.165, 1.54) is 16.4 Å². The average molecular weight is 209 g/mol. The van der Waals surface area contributed by atoms with Gasteiger partial charge in [0.25, 0.3) is 0 Å². The Balaban J connectivity index is 2.61. The molecule has 1 N–H and O–H groups in total. The second kappa shape index (κ2) is 5.74. The highest BCUT2D eigenvalue weighted by Gasteiger charge is 2.14. The second-order valence-corrected chi connectivity index (χ2v) is 3.82. The van der Waals surface area contributed by atoms with Crippen LogP contribution >= 0.6 is 11.5 Å². The van der Waals surface area contributed by atoms with Crippen LogP contribution in [0.3, 0.4) is 0 Å². The van der Waals surface area contributed by atoms with Crippen LogP contribution in [0.25, 0.3) is 0 Å². The first-order chi connectivity index (χ1) is 6.79. The number of aromatic nitrogens is 2. The minimum absolute atomic E-state index is 0.343. The fraction of sp³-hybridized carbons (Fsp3) is 0.600. The molecule has 0 spiro atoms. The van der Waals surface area contributed by atoms with Crippen molar-refractivity contribution in [2.45, 2.75) is 32.7 Å². The van der Waals surface area contributed by atoms with Gasteiger partial charge in [0.05, 0.1) is 10.6 Å². The van der Waals surface area contributed by atoms with Crippen molar-refractivity contribution in [3.63, 3.8) is 0 Å². The van der Waals surface area contributed by atoms with E-state index in [1.54, 1.807) is 0 Å². The Bertz CT molecular complexity index is 335. The first-order valence-corrected chi connectivity index (χ1v) is 5.42. The molecule has 0 aliphatic heterocycles. The van der Waals surface area contributed by atoms with Gasteiger partial charge in [-0.05, 0) is 38.8 Å². The van der Waals surface area contributed by atoms with Gasteiger partial charge in [0.15, 0.2) is 0 Å². The van der Waals surface area contributed by atoms with Crippen molar-refractivity contribution >= 4 is 11.5 Å². The van der Waals surface area contributed by atoms with E-state index in [2.05, 4.69) is 26.7 Å². The highest BCUT2D eigenvalue weighted by Crippen LogP contribution is 2.23. The summed E-state index contributed by atoms with van der Waals surface area (Å²) < 4.78 is 3.93. The van der Waals surface area contributed by atoms with E-state index in [1.807, 2.05) is 20.9 Å². The van der Waals surface area contributed by atoms with Gasteiger partial charge in [-0.25, -0.2) is 0 Å². The molecule has 14 heavy (non-hydrogen) atoms. The third-order valence-corrected chi connectivity index (χ3v) is 3.03. The fourth-order valence-electron chi connectivity index (χ4n) is 1.30. The summed E-state index contributed by atoms with van der Waals surface area (Å²) in [6, 6.07) is 0.343. The van der Waals surface area contributed by atoms with Gasteiger partial charge >= 0.3 is 0 Å². The van der Waals surface area contributed by atoms with Gasteiger partial charge in [0.1, 0.15) is 0 Å². The topological polar surface area (TPSA) is 37.8 Å². The van der Waals surface area contributed by atoms with Gasteiger partial charge in [0.2, 0.25) is 0 Å². The van der Waals surface area contributed by atoms with E-state index in [0.29, 0.717) is 6.04 Å². The molecule has 3 nitrogen and oxygen atoms in total. The van der Waals surface area contributed by atoms with Crippen LogP contribution in [-0.2, 0) is 0 Å². The first kappa shape index (κ1) is 11.2. The molecule has 0 aromatic carbocycles. The maximum Gasteiger partial charge on any atom is 0.0772 e. The molecular formula is C10H15N3S. The fourth-order valence-corrected chi connectivity index (χ4v) is 2.09. The zero-order valence-electron chi connectivity index (χ0n) is 8.79. The SMILES string of the molecule is CC#CCCC(NC)c1snnc1C. The number of nitrogens with zero attached hydrogens (tertiary/aromatic N) is 2. The largest absolute Gasteiger partial charge is 0.312 e. The molecule has 0 amide bonds. The average Bonchev–Trinajstić information content (AvgIpc) is 2.60. The van der Waals surface area contributed by atoms with Crippen LogP contribution < -0.4 is 5.32 Å². The summed E-state index contributed by atoms with van der Waals surface area (Å²) in [5.74, 6) is 5.97. The Morgan fingerprint density at radius 1 is 1.57 bits per heavy atom. The van der Waals surface area contributed by atoms with E-state index in [9.17, 15) is 0 Å². The molecule has 0 saturated heterocycles. The Morgan fingerprint density at radius 2 is 2.36 bits per heavy atom. The van der Waals surface area contributed by atoms with Crippen LogP contribution in [0.2, 0.25) is 0 Å². The van der Waals surface area contributed by atoms with Gasteiger partial charge in [-0.3, -0.25) is 0 Å². The van der Waals surface area contributed by atoms with Crippen LogP contribution in [-0.4, -0.2) is 16.6 Å². The normalized spacial score (nSPS) is 11.9. The van der Waals surface area contributed by atoms with Gasteiger partial charge in [-0.2, -0.15) is 0 Å². The van der Waals surface area contributed by atoms with Crippen LogP contribution in [0.1, 0.15) is 36.4 Å². The third-order valence-electron chi connectivity index (χ3n) is 2.09. The Kier molecular flexibility index (Phi) is 4.57. The van der Waals surface area contributed by atoms with Gasteiger partial charge in [-0.15, -0.1) is 16.9 Å². The third kappa shape index (κ3) is 2.79. The maximum atomic E-state index is 4.01. The van der Waals surface area contributed by atoms with Crippen molar-refractivity contribution in [3.8, 4) is 11.8 Å². The van der Waals surface area contributed by atoms with Crippen LogP contribution in [0.4, 0.5) is 0 Å². The summed E-state index contributed by atoms with van der Waals surface area (Å²) in [6.07, 6.45) is 1.93. The summed E-state index contributed by atoms with van der Waals surface area (Å²) in [6.45, 7) is 3.86. The highest BCUT2D eigenvalue weighted by atomic mass is 32.1. The van der Waals surface area contributed by atoms with Crippen LogP contribution in [0, 0.1) is 18.8 Å². The lowest BCUT2D eigenvalue weighted by molar-refractivity contribution is 0.563. The van der Waals surface area contributed by atoms with Crippen molar-refractivity contribution < 1.29 is 0 Å². The standard InChI is InChI=1S/C10H15N3S/c1-4-5-6-7-9(11-3)10-8(2)12-13-14-10/h9,11H,6-7H2,1-3H3.